The standard InChI is InChI=1S/C15H23NO4S/c1-11-8-12(2)15(9-13(11)10-17)21(18,19)16-6-4-14(20-3)5-7-16/h8-9,14,17H,4-7,10H2,1-3H3. The summed E-state index contributed by atoms with van der Waals surface area (Å²) in [5.74, 6) is 0. The molecule has 2 rings (SSSR count). The van der Waals surface area contributed by atoms with Gasteiger partial charge in [-0.15, -0.1) is 0 Å². The fourth-order valence-electron chi connectivity index (χ4n) is 2.77. The van der Waals surface area contributed by atoms with Crippen LogP contribution >= 0.6 is 0 Å². The van der Waals surface area contributed by atoms with E-state index < -0.39 is 10.0 Å². The molecule has 0 atom stereocenters. The summed E-state index contributed by atoms with van der Waals surface area (Å²) >= 11 is 0. The molecule has 21 heavy (non-hydrogen) atoms. The number of aryl methyl sites for hydroxylation is 2. The van der Waals surface area contributed by atoms with Crippen molar-refractivity contribution < 1.29 is 18.3 Å². The number of ether oxygens (including phenoxy) is 1. The molecule has 6 heteroatoms. The van der Waals surface area contributed by atoms with Crippen LogP contribution in [0.1, 0.15) is 29.5 Å². The molecule has 118 valence electrons. The fourth-order valence-corrected chi connectivity index (χ4v) is 4.50. The van der Waals surface area contributed by atoms with Crippen LogP contribution in [-0.4, -0.2) is 44.1 Å². The van der Waals surface area contributed by atoms with Gasteiger partial charge in [-0.05, 0) is 49.4 Å². The summed E-state index contributed by atoms with van der Waals surface area (Å²) in [7, 11) is -1.85. The van der Waals surface area contributed by atoms with Crippen LogP contribution in [0.25, 0.3) is 0 Å². The van der Waals surface area contributed by atoms with Gasteiger partial charge < -0.3 is 9.84 Å². The number of hydrogen-bond acceptors (Lipinski definition) is 4. The van der Waals surface area contributed by atoms with Crippen LogP contribution in [0.3, 0.4) is 0 Å². The van der Waals surface area contributed by atoms with Gasteiger partial charge in [0.05, 0.1) is 17.6 Å². The Morgan fingerprint density at radius 1 is 1.24 bits per heavy atom. The number of sulfonamides is 1. The summed E-state index contributed by atoms with van der Waals surface area (Å²) < 4.78 is 32.4. The first kappa shape index (κ1) is 16.4. The number of aliphatic hydroxyl groups excluding tert-OH is 1. The zero-order valence-corrected chi connectivity index (χ0v) is 13.6. The normalized spacial score (nSPS) is 18.1. The summed E-state index contributed by atoms with van der Waals surface area (Å²) in [6.45, 7) is 4.47. The number of methoxy groups -OCH3 is 1. The van der Waals surface area contributed by atoms with Gasteiger partial charge >= 0.3 is 0 Å². The molecule has 0 aromatic heterocycles. The number of benzene rings is 1. The first-order valence-corrected chi connectivity index (χ1v) is 8.58. The van der Waals surface area contributed by atoms with Crippen LogP contribution in [0.2, 0.25) is 0 Å². The molecule has 0 spiro atoms. The molecule has 5 nitrogen and oxygen atoms in total. The molecule has 0 aliphatic carbocycles. The van der Waals surface area contributed by atoms with Gasteiger partial charge in [-0.25, -0.2) is 8.42 Å². The third-order valence-electron chi connectivity index (χ3n) is 4.16. The molecule has 1 saturated heterocycles. The van der Waals surface area contributed by atoms with E-state index in [9.17, 15) is 13.5 Å². The van der Waals surface area contributed by atoms with Crippen molar-refractivity contribution in [2.45, 2.75) is 44.3 Å². The van der Waals surface area contributed by atoms with Crippen LogP contribution in [-0.2, 0) is 21.4 Å². The van der Waals surface area contributed by atoms with Crippen molar-refractivity contribution in [2.75, 3.05) is 20.2 Å². The summed E-state index contributed by atoms with van der Waals surface area (Å²) in [6, 6.07) is 3.42. The van der Waals surface area contributed by atoms with Gasteiger partial charge in [-0.1, -0.05) is 6.07 Å². The highest BCUT2D eigenvalue weighted by Crippen LogP contribution is 2.26. The number of hydrogen-bond donors (Lipinski definition) is 1. The number of piperidine rings is 1. The van der Waals surface area contributed by atoms with E-state index in [1.807, 2.05) is 13.0 Å². The Labute approximate surface area is 126 Å². The lowest BCUT2D eigenvalue weighted by Gasteiger charge is -2.31. The predicted molar refractivity (Wildman–Crippen MR) is 80.6 cm³/mol. The average molecular weight is 313 g/mol. The van der Waals surface area contributed by atoms with Crippen molar-refractivity contribution in [2.24, 2.45) is 0 Å². The van der Waals surface area contributed by atoms with E-state index in [-0.39, 0.29) is 12.7 Å². The topological polar surface area (TPSA) is 66.8 Å². The summed E-state index contributed by atoms with van der Waals surface area (Å²) in [6.07, 6.45) is 1.57. The minimum Gasteiger partial charge on any atom is -0.392 e. The van der Waals surface area contributed by atoms with Gasteiger partial charge in [-0.2, -0.15) is 4.31 Å². The van der Waals surface area contributed by atoms with E-state index in [1.165, 1.54) is 4.31 Å². The van der Waals surface area contributed by atoms with E-state index in [1.54, 1.807) is 20.1 Å². The van der Waals surface area contributed by atoms with E-state index in [4.69, 9.17) is 4.74 Å². The lowest BCUT2D eigenvalue weighted by Crippen LogP contribution is -2.40. The summed E-state index contributed by atoms with van der Waals surface area (Å²) in [5, 5.41) is 9.35. The highest BCUT2D eigenvalue weighted by molar-refractivity contribution is 7.89. The maximum atomic E-state index is 12.8. The molecular formula is C15H23NO4S. The second-order valence-electron chi connectivity index (χ2n) is 5.54. The van der Waals surface area contributed by atoms with Crippen molar-refractivity contribution in [3.63, 3.8) is 0 Å². The van der Waals surface area contributed by atoms with Crippen LogP contribution in [0.5, 0.6) is 0 Å². The lowest BCUT2D eigenvalue weighted by molar-refractivity contribution is 0.0604. The molecule has 1 aromatic carbocycles. The van der Waals surface area contributed by atoms with Gasteiger partial charge in [0.2, 0.25) is 10.0 Å². The zero-order valence-electron chi connectivity index (χ0n) is 12.8. The number of nitrogens with zero attached hydrogens (tertiary/aromatic N) is 1. The Kier molecular flexibility index (Phi) is 5.03. The molecular weight excluding hydrogens is 290 g/mol. The van der Waals surface area contributed by atoms with E-state index in [2.05, 4.69) is 0 Å². The molecule has 1 fully saturated rings. The third kappa shape index (κ3) is 3.29. The van der Waals surface area contributed by atoms with Crippen LogP contribution < -0.4 is 0 Å². The van der Waals surface area contributed by atoms with Crippen molar-refractivity contribution in [3.05, 3.63) is 28.8 Å². The monoisotopic (exact) mass is 313 g/mol. The van der Waals surface area contributed by atoms with E-state index in [0.29, 0.717) is 36.4 Å². The maximum Gasteiger partial charge on any atom is 0.243 e. The van der Waals surface area contributed by atoms with Crippen molar-refractivity contribution >= 4 is 10.0 Å². The molecule has 0 saturated carbocycles. The molecule has 1 aliphatic rings. The van der Waals surface area contributed by atoms with Crippen LogP contribution in [0.4, 0.5) is 0 Å². The molecule has 1 aliphatic heterocycles. The minimum atomic E-state index is -3.51. The van der Waals surface area contributed by atoms with Gasteiger partial charge in [0.25, 0.3) is 0 Å². The second-order valence-corrected chi connectivity index (χ2v) is 7.45. The largest absolute Gasteiger partial charge is 0.392 e. The Balaban J connectivity index is 2.32. The summed E-state index contributed by atoms with van der Waals surface area (Å²) in [4.78, 5) is 0.299. The van der Waals surface area contributed by atoms with Crippen LogP contribution in [0.15, 0.2) is 17.0 Å². The summed E-state index contributed by atoms with van der Waals surface area (Å²) in [5.41, 5.74) is 2.29. The van der Waals surface area contributed by atoms with Crippen molar-refractivity contribution in [1.29, 1.82) is 0 Å². The SMILES string of the molecule is COC1CCN(S(=O)(=O)c2cc(CO)c(C)cc2C)CC1. The first-order chi connectivity index (χ1) is 9.90. The highest BCUT2D eigenvalue weighted by atomic mass is 32.2. The molecule has 0 amide bonds. The van der Waals surface area contributed by atoms with Crippen molar-refractivity contribution in [3.8, 4) is 0 Å². The predicted octanol–water partition coefficient (Wildman–Crippen LogP) is 1.60. The van der Waals surface area contributed by atoms with E-state index >= 15 is 0 Å². The Morgan fingerprint density at radius 3 is 2.38 bits per heavy atom. The fraction of sp³-hybridized carbons (Fsp3) is 0.600. The Morgan fingerprint density at radius 2 is 1.86 bits per heavy atom. The van der Waals surface area contributed by atoms with Gasteiger partial charge in [-0.3, -0.25) is 0 Å². The van der Waals surface area contributed by atoms with Gasteiger partial charge in [0.1, 0.15) is 0 Å². The molecule has 1 heterocycles. The quantitative estimate of drug-likeness (QED) is 0.917. The zero-order chi connectivity index (χ0) is 15.6. The molecule has 0 bridgehead atoms. The molecule has 0 radical (unpaired) electrons. The first-order valence-electron chi connectivity index (χ1n) is 7.14. The number of rotatable bonds is 4. The third-order valence-corrected chi connectivity index (χ3v) is 6.20. The van der Waals surface area contributed by atoms with Gasteiger partial charge in [0.15, 0.2) is 0 Å². The Bertz CT molecular complexity index is 604. The van der Waals surface area contributed by atoms with E-state index in [0.717, 1.165) is 11.1 Å². The minimum absolute atomic E-state index is 0.142. The Hall–Kier alpha value is -0.950. The second kappa shape index (κ2) is 6.44. The van der Waals surface area contributed by atoms with Crippen LogP contribution in [0, 0.1) is 13.8 Å². The lowest BCUT2D eigenvalue weighted by atomic mass is 10.1. The van der Waals surface area contributed by atoms with Gasteiger partial charge in [0, 0.05) is 20.2 Å². The molecule has 1 aromatic rings. The smallest absolute Gasteiger partial charge is 0.243 e. The maximum absolute atomic E-state index is 12.8. The highest BCUT2D eigenvalue weighted by Gasteiger charge is 2.30. The average Bonchev–Trinajstić information content (AvgIpc) is 2.47. The molecule has 1 N–H and O–H groups in total. The van der Waals surface area contributed by atoms with Crippen molar-refractivity contribution in [1.82, 2.24) is 4.31 Å². The molecule has 0 unspecified atom stereocenters. The number of aliphatic hydroxyl groups is 1.